The summed E-state index contributed by atoms with van der Waals surface area (Å²) in [6.45, 7) is 6.30. The van der Waals surface area contributed by atoms with E-state index in [9.17, 15) is 4.79 Å². The van der Waals surface area contributed by atoms with Gasteiger partial charge in [0.2, 0.25) is 5.91 Å². The van der Waals surface area contributed by atoms with Gasteiger partial charge in [0.1, 0.15) is 0 Å². The van der Waals surface area contributed by atoms with Crippen LogP contribution in [-0.4, -0.2) is 42.0 Å². The number of nitrogens with zero attached hydrogens (tertiary/aromatic N) is 1. The minimum absolute atomic E-state index is 0.0758. The fourth-order valence-electron chi connectivity index (χ4n) is 3.69. The summed E-state index contributed by atoms with van der Waals surface area (Å²) in [5, 5.41) is 3.16. The summed E-state index contributed by atoms with van der Waals surface area (Å²) in [5.41, 5.74) is 5.37. The van der Waals surface area contributed by atoms with Gasteiger partial charge in [-0.1, -0.05) is 44.8 Å². The first-order valence-electron chi connectivity index (χ1n) is 8.39. The highest BCUT2D eigenvalue weighted by Crippen LogP contribution is 2.36. The Bertz CT molecular complexity index is 378. The van der Waals surface area contributed by atoms with Crippen molar-refractivity contribution in [1.29, 1.82) is 0 Å². The van der Waals surface area contributed by atoms with E-state index in [1.807, 2.05) is 0 Å². The van der Waals surface area contributed by atoms with Crippen molar-refractivity contribution in [2.24, 2.45) is 17.1 Å². The monoisotopic (exact) mass is 311 g/mol. The molecular weight excluding hydrogens is 282 g/mol. The topological polar surface area (TPSA) is 58.4 Å². The van der Waals surface area contributed by atoms with Crippen molar-refractivity contribution in [1.82, 2.24) is 10.2 Å². The Balaban J connectivity index is 1.91. The van der Waals surface area contributed by atoms with Gasteiger partial charge in [-0.3, -0.25) is 4.79 Å². The molecule has 4 nitrogen and oxygen atoms in total. The van der Waals surface area contributed by atoms with Gasteiger partial charge >= 0.3 is 0 Å². The van der Waals surface area contributed by atoms with Crippen LogP contribution in [-0.2, 0) is 4.79 Å². The number of amides is 1. The fraction of sp³-hybridized carbons (Fsp3) is 0.875. The van der Waals surface area contributed by atoms with Crippen molar-refractivity contribution in [2.75, 3.05) is 26.2 Å². The Kier molecular flexibility index (Phi) is 5.99. The second-order valence-electron chi connectivity index (χ2n) is 6.62. The Morgan fingerprint density at radius 2 is 2.00 bits per heavy atom. The van der Waals surface area contributed by atoms with Crippen LogP contribution in [0.3, 0.4) is 0 Å². The molecule has 1 aliphatic heterocycles. The minimum atomic E-state index is -0.588. The van der Waals surface area contributed by atoms with E-state index in [4.69, 9.17) is 18.0 Å². The molecule has 0 spiro atoms. The standard InChI is InChI=1S/C16H29N3OS/c1-2-19-10-7-13(12-19)11-18-15(20)16(14(17)21)8-5-3-4-6-9-16/h13H,2-12H2,1H3,(H2,17,21)(H,18,20). The normalized spacial score (nSPS) is 26.2. The van der Waals surface area contributed by atoms with Crippen LogP contribution in [0.5, 0.6) is 0 Å². The predicted molar refractivity (Wildman–Crippen MR) is 90.2 cm³/mol. The van der Waals surface area contributed by atoms with Gasteiger partial charge < -0.3 is 16.0 Å². The van der Waals surface area contributed by atoms with Gasteiger partial charge in [-0.15, -0.1) is 0 Å². The molecule has 1 amide bonds. The first-order chi connectivity index (χ1) is 10.1. The lowest BCUT2D eigenvalue weighted by Gasteiger charge is -2.30. The maximum atomic E-state index is 12.7. The van der Waals surface area contributed by atoms with E-state index >= 15 is 0 Å². The summed E-state index contributed by atoms with van der Waals surface area (Å²) in [7, 11) is 0. The van der Waals surface area contributed by atoms with Gasteiger partial charge in [-0.2, -0.15) is 0 Å². The van der Waals surface area contributed by atoms with Gasteiger partial charge in [0, 0.05) is 13.1 Å². The zero-order valence-electron chi connectivity index (χ0n) is 13.2. The van der Waals surface area contributed by atoms with Gasteiger partial charge in [0.25, 0.3) is 0 Å². The van der Waals surface area contributed by atoms with Crippen LogP contribution >= 0.6 is 12.2 Å². The van der Waals surface area contributed by atoms with Crippen LogP contribution < -0.4 is 11.1 Å². The Morgan fingerprint density at radius 3 is 2.52 bits per heavy atom. The third-order valence-electron chi connectivity index (χ3n) is 5.23. The van der Waals surface area contributed by atoms with Crippen molar-refractivity contribution in [3.8, 4) is 0 Å². The highest BCUT2D eigenvalue weighted by Gasteiger charge is 2.41. The van der Waals surface area contributed by atoms with Gasteiger partial charge in [-0.25, -0.2) is 0 Å². The van der Waals surface area contributed by atoms with E-state index in [0.717, 1.165) is 51.9 Å². The smallest absolute Gasteiger partial charge is 0.233 e. The Labute approximate surface area is 133 Å². The lowest BCUT2D eigenvalue weighted by molar-refractivity contribution is -0.128. The summed E-state index contributed by atoms with van der Waals surface area (Å²) in [5.74, 6) is 0.648. The van der Waals surface area contributed by atoms with Crippen molar-refractivity contribution in [3.63, 3.8) is 0 Å². The molecule has 0 bridgehead atoms. The van der Waals surface area contributed by atoms with Crippen LogP contribution in [0.15, 0.2) is 0 Å². The van der Waals surface area contributed by atoms with Gasteiger partial charge in [-0.05, 0) is 38.3 Å². The van der Waals surface area contributed by atoms with E-state index in [0.29, 0.717) is 10.9 Å². The molecule has 0 aromatic carbocycles. The molecule has 2 fully saturated rings. The molecule has 0 radical (unpaired) electrons. The van der Waals surface area contributed by atoms with Crippen molar-refractivity contribution in [2.45, 2.75) is 51.9 Å². The van der Waals surface area contributed by atoms with Crippen LogP contribution in [0.4, 0.5) is 0 Å². The third kappa shape index (κ3) is 3.95. The molecule has 1 heterocycles. The second kappa shape index (κ2) is 7.54. The molecule has 1 saturated carbocycles. The SMILES string of the molecule is CCN1CCC(CNC(=O)C2(C(N)=S)CCCCCC2)C1. The van der Waals surface area contributed by atoms with Crippen molar-refractivity contribution < 1.29 is 4.79 Å². The molecule has 2 aliphatic rings. The minimum Gasteiger partial charge on any atom is -0.392 e. The van der Waals surface area contributed by atoms with E-state index in [-0.39, 0.29) is 5.91 Å². The molecule has 1 atom stereocenters. The number of carbonyl (C=O) groups is 1. The number of hydrogen-bond donors (Lipinski definition) is 2. The molecule has 2 rings (SSSR count). The average Bonchev–Trinajstić information content (AvgIpc) is 2.78. The molecule has 3 N–H and O–H groups in total. The molecule has 1 aliphatic carbocycles. The third-order valence-corrected chi connectivity index (χ3v) is 5.62. The summed E-state index contributed by atoms with van der Waals surface area (Å²) in [6.07, 6.45) is 7.29. The highest BCUT2D eigenvalue weighted by molar-refractivity contribution is 7.80. The van der Waals surface area contributed by atoms with Crippen molar-refractivity contribution >= 4 is 23.1 Å². The zero-order valence-corrected chi connectivity index (χ0v) is 14.0. The average molecular weight is 311 g/mol. The Morgan fingerprint density at radius 1 is 1.33 bits per heavy atom. The first-order valence-corrected chi connectivity index (χ1v) is 8.80. The fourth-order valence-corrected chi connectivity index (χ4v) is 3.99. The second-order valence-corrected chi connectivity index (χ2v) is 7.06. The molecule has 1 unspecified atom stereocenters. The van der Waals surface area contributed by atoms with E-state index in [1.54, 1.807) is 0 Å². The molecule has 1 saturated heterocycles. The molecule has 21 heavy (non-hydrogen) atoms. The number of carbonyl (C=O) groups excluding carboxylic acids is 1. The maximum Gasteiger partial charge on any atom is 0.233 e. The van der Waals surface area contributed by atoms with Gasteiger partial charge in [0.05, 0.1) is 10.4 Å². The number of thiocarbonyl (C=S) groups is 1. The molecule has 120 valence electrons. The highest BCUT2D eigenvalue weighted by atomic mass is 32.1. The lowest BCUT2D eigenvalue weighted by Crippen LogP contribution is -2.49. The number of likely N-dealkylation sites (tertiary alicyclic amines) is 1. The first kappa shape index (κ1) is 16.7. The van der Waals surface area contributed by atoms with E-state index in [1.165, 1.54) is 19.3 Å². The number of rotatable bonds is 5. The molecule has 5 heteroatoms. The Hall–Kier alpha value is -0.680. The quantitative estimate of drug-likeness (QED) is 0.603. The predicted octanol–water partition coefficient (Wildman–Crippen LogP) is 2.07. The molecule has 0 aromatic rings. The van der Waals surface area contributed by atoms with Crippen LogP contribution in [0.25, 0.3) is 0 Å². The summed E-state index contributed by atoms with van der Waals surface area (Å²) in [6, 6.07) is 0. The van der Waals surface area contributed by atoms with Crippen LogP contribution in [0, 0.1) is 11.3 Å². The van der Waals surface area contributed by atoms with Crippen LogP contribution in [0.2, 0.25) is 0 Å². The van der Waals surface area contributed by atoms with E-state index in [2.05, 4.69) is 17.1 Å². The van der Waals surface area contributed by atoms with Crippen molar-refractivity contribution in [3.05, 3.63) is 0 Å². The number of hydrogen-bond acceptors (Lipinski definition) is 3. The lowest BCUT2D eigenvalue weighted by atomic mass is 9.79. The molecule has 0 aromatic heterocycles. The summed E-state index contributed by atoms with van der Waals surface area (Å²) < 4.78 is 0. The number of nitrogens with one attached hydrogen (secondary N) is 1. The van der Waals surface area contributed by atoms with Gasteiger partial charge in [0.15, 0.2) is 0 Å². The zero-order chi connectivity index (χ0) is 15.3. The molecular formula is C16H29N3OS. The maximum absolute atomic E-state index is 12.7. The summed E-state index contributed by atoms with van der Waals surface area (Å²) in [4.78, 5) is 15.6. The summed E-state index contributed by atoms with van der Waals surface area (Å²) >= 11 is 5.26. The van der Waals surface area contributed by atoms with E-state index < -0.39 is 5.41 Å². The van der Waals surface area contributed by atoms with Crippen LogP contribution in [0.1, 0.15) is 51.9 Å². The number of nitrogens with two attached hydrogens (primary N) is 1. The largest absolute Gasteiger partial charge is 0.392 e.